The Labute approximate surface area is 160 Å². The van der Waals surface area contributed by atoms with E-state index in [2.05, 4.69) is 17.2 Å². The van der Waals surface area contributed by atoms with Crippen LogP contribution >= 0.6 is 0 Å². The first-order valence-electron chi connectivity index (χ1n) is 8.91. The number of nitrogens with zero attached hydrogens (tertiary/aromatic N) is 1. The highest BCUT2D eigenvalue weighted by Gasteiger charge is 2.29. The molecule has 0 aliphatic carbocycles. The van der Waals surface area contributed by atoms with E-state index in [-0.39, 0.29) is 12.5 Å². The van der Waals surface area contributed by atoms with Gasteiger partial charge in [0, 0.05) is 28.9 Å². The van der Waals surface area contributed by atoms with E-state index in [0.29, 0.717) is 22.2 Å². The fourth-order valence-corrected chi connectivity index (χ4v) is 2.93. The number of anilines is 1. The number of nitrogen functional groups attached to an aromatic ring is 1. The molecule has 28 heavy (non-hydrogen) atoms. The Bertz CT molecular complexity index is 998. The number of rotatable bonds is 5. The van der Waals surface area contributed by atoms with E-state index >= 15 is 0 Å². The van der Waals surface area contributed by atoms with Gasteiger partial charge in [-0.15, -0.1) is 0 Å². The zero-order chi connectivity index (χ0) is 20.3. The van der Waals surface area contributed by atoms with Crippen molar-refractivity contribution in [1.29, 1.82) is 0 Å². The summed E-state index contributed by atoms with van der Waals surface area (Å²) in [6, 6.07) is 11.6. The maximum Gasteiger partial charge on any atom is 0.416 e. The molecule has 1 amide bonds. The average Bonchev–Trinajstić information content (AvgIpc) is 2.66. The van der Waals surface area contributed by atoms with Crippen molar-refractivity contribution in [3.8, 4) is 0 Å². The molecule has 1 aromatic heterocycles. The molecule has 3 aromatic rings. The normalized spacial score (nSPS) is 11.6. The fraction of sp³-hybridized carbons (Fsp3) is 0.238. The van der Waals surface area contributed by atoms with E-state index in [1.165, 1.54) is 12.1 Å². The number of alkyl halides is 3. The topological polar surface area (TPSA) is 68.0 Å². The molecular formula is C21H20F3N3O. The van der Waals surface area contributed by atoms with Gasteiger partial charge in [-0.25, -0.2) is 0 Å². The standard InChI is InChI=1S/C21H20F3N3O/c1-2-3-16-11-18(25)17-10-14(6-9-19(17)27-16)20(28)26-12-13-4-7-15(8-5-13)21(22,23)24/h4-11H,2-3,12H2,1H3,(H2,25,27)(H,26,28). The third kappa shape index (κ3) is 4.42. The summed E-state index contributed by atoms with van der Waals surface area (Å²) >= 11 is 0. The summed E-state index contributed by atoms with van der Waals surface area (Å²) < 4.78 is 37.8. The van der Waals surface area contributed by atoms with E-state index in [0.717, 1.165) is 36.2 Å². The maximum atomic E-state index is 12.6. The van der Waals surface area contributed by atoms with Crippen molar-refractivity contribution in [1.82, 2.24) is 10.3 Å². The lowest BCUT2D eigenvalue weighted by Gasteiger charge is -2.10. The molecule has 0 unspecified atom stereocenters. The third-order valence-electron chi connectivity index (χ3n) is 4.40. The largest absolute Gasteiger partial charge is 0.416 e. The Morgan fingerprint density at radius 1 is 1.11 bits per heavy atom. The molecule has 0 aliphatic rings. The molecule has 3 N–H and O–H groups in total. The Balaban J connectivity index is 1.73. The Morgan fingerprint density at radius 2 is 1.82 bits per heavy atom. The number of amides is 1. The smallest absolute Gasteiger partial charge is 0.398 e. The van der Waals surface area contributed by atoms with E-state index in [1.54, 1.807) is 18.2 Å². The highest BCUT2D eigenvalue weighted by atomic mass is 19.4. The Morgan fingerprint density at radius 3 is 2.46 bits per heavy atom. The van der Waals surface area contributed by atoms with E-state index in [4.69, 9.17) is 5.73 Å². The van der Waals surface area contributed by atoms with Crippen LogP contribution in [0.5, 0.6) is 0 Å². The van der Waals surface area contributed by atoms with Crippen LogP contribution in [0.3, 0.4) is 0 Å². The predicted molar refractivity (Wildman–Crippen MR) is 103 cm³/mol. The van der Waals surface area contributed by atoms with Crippen molar-refractivity contribution < 1.29 is 18.0 Å². The summed E-state index contributed by atoms with van der Waals surface area (Å²) in [5.74, 6) is -0.334. The molecule has 0 atom stereocenters. The highest BCUT2D eigenvalue weighted by Crippen LogP contribution is 2.29. The van der Waals surface area contributed by atoms with E-state index < -0.39 is 11.7 Å². The summed E-state index contributed by atoms with van der Waals surface area (Å²) in [4.78, 5) is 17.0. The second-order valence-corrected chi connectivity index (χ2v) is 6.56. The molecule has 4 nitrogen and oxygen atoms in total. The molecule has 0 aliphatic heterocycles. The summed E-state index contributed by atoms with van der Waals surface area (Å²) in [6.45, 7) is 2.18. The number of aromatic nitrogens is 1. The van der Waals surface area contributed by atoms with Gasteiger partial charge in [0.2, 0.25) is 0 Å². The number of nitrogens with two attached hydrogens (primary N) is 1. The lowest BCUT2D eigenvalue weighted by Crippen LogP contribution is -2.22. The van der Waals surface area contributed by atoms with Crippen LogP contribution in [0.4, 0.5) is 18.9 Å². The van der Waals surface area contributed by atoms with Crippen LogP contribution < -0.4 is 11.1 Å². The maximum absolute atomic E-state index is 12.6. The SMILES string of the molecule is CCCc1cc(N)c2cc(C(=O)NCc3ccc(C(F)(F)F)cc3)ccc2n1. The summed E-state index contributed by atoms with van der Waals surface area (Å²) in [5.41, 5.74) is 8.57. The first kappa shape index (κ1) is 19.7. The molecule has 1 heterocycles. The summed E-state index contributed by atoms with van der Waals surface area (Å²) in [5, 5.41) is 3.40. The lowest BCUT2D eigenvalue weighted by molar-refractivity contribution is -0.137. The second kappa shape index (κ2) is 7.88. The van der Waals surface area contributed by atoms with Gasteiger partial charge in [0.1, 0.15) is 0 Å². The number of halogens is 3. The number of pyridine rings is 1. The van der Waals surface area contributed by atoms with Crippen LogP contribution in [0.25, 0.3) is 10.9 Å². The van der Waals surface area contributed by atoms with E-state index in [9.17, 15) is 18.0 Å². The zero-order valence-electron chi connectivity index (χ0n) is 15.3. The molecule has 0 spiro atoms. The Kier molecular flexibility index (Phi) is 5.53. The molecule has 146 valence electrons. The minimum Gasteiger partial charge on any atom is -0.398 e. The molecule has 0 fully saturated rings. The van der Waals surface area contributed by atoms with Gasteiger partial charge in [-0.2, -0.15) is 13.2 Å². The average molecular weight is 387 g/mol. The lowest BCUT2D eigenvalue weighted by atomic mass is 10.1. The van der Waals surface area contributed by atoms with Crippen LogP contribution in [-0.4, -0.2) is 10.9 Å². The van der Waals surface area contributed by atoms with Crippen molar-refractivity contribution in [2.45, 2.75) is 32.5 Å². The molecule has 0 radical (unpaired) electrons. The number of fused-ring (bicyclic) bond motifs is 1. The minimum absolute atomic E-state index is 0.123. The van der Waals surface area contributed by atoms with Crippen LogP contribution in [0, 0.1) is 0 Å². The van der Waals surface area contributed by atoms with Crippen molar-refractivity contribution in [2.24, 2.45) is 0 Å². The molecular weight excluding hydrogens is 367 g/mol. The summed E-state index contributed by atoms with van der Waals surface area (Å²) in [6.07, 6.45) is -2.59. The first-order chi connectivity index (χ1) is 13.3. The van der Waals surface area contributed by atoms with Crippen LogP contribution in [0.1, 0.15) is 40.5 Å². The minimum atomic E-state index is -4.38. The summed E-state index contributed by atoms with van der Waals surface area (Å²) in [7, 11) is 0. The van der Waals surface area contributed by atoms with Crippen LogP contribution in [-0.2, 0) is 19.1 Å². The van der Waals surface area contributed by atoms with E-state index in [1.807, 2.05) is 6.07 Å². The number of nitrogens with one attached hydrogen (secondary N) is 1. The molecule has 3 rings (SSSR count). The van der Waals surface area contributed by atoms with Gasteiger partial charge in [-0.1, -0.05) is 25.5 Å². The molecule has 0 saturated carbocycles. The van der Waals surface area contributed by atoms with Gasteiger partial charge in [0.05, 0.1) is 11.1 Å². The Hall–Kier alpha value is -3.09. The van der Waals surface area contributed by atoms with Crippen molar-refractivity contribution in [3.63, 3.8) is 0 Å². The predicted octanol–water partition coefficient (Wildman–Crippen LogP) is 4.72. The molecule has 7 heteroatoms. The monoisotopic (exact) mass is 387 g/mol. The van der Waals surface area contributed by atoms with Gasteiger partial charge in [-0.05, 0) is 48.4 Å². The zero-order valence-corrected chi connectivity index (χ0v) is 15.3. The highest BCUT2D eigenvalue weighted by molar-refractivity contribution is 6.00. The van der Waals surface area contributed by atoms with Crippen LogP contribution in [0.15, 0.2) is 48.5 Å². The molecule has 0 saturated heterocycles. The van der Waals surface area contributed by atoms with Crippen molar-refractivity contribution in [3.05, 3.63) is 70.9 Å². The first-order valence-corrected chi connectivity index (χ1v) is 8.91. The fourth-order valence-electron chi connectivity index (χ4n) is 2.93. The number of benzene rings is 2. The second-order valence-electron chi connectivity index (χ2n) is 6.56. The van der Waals surface area contributed by atoms with Gasteiger partial charge in [0.15, 0.2) is 0 Å². The molecule has 0 bridgehead atoms. The number of hydrogen-bond acceptors (Lipinski definition) is 3. The third-order valence-corrected chi connectivity index (χ3v) is 4.40. The van der Waals surface area contributed by atoms with Gasteiger partial charge in [0.25, 0.3) is 5.91 Å². The van der Waals surface area contributed by atoms with Crippen molar-refractivity contribution in [2.75, 3.05) is 5.73 Å². The quantitative estimate of drug-likeness (QED) is 0.666. The van der Waals surface area contributed by atoms with Gasteiger partial charge >= 0.3 is 6.18 Å². The number of hydrogen-bond donors (Lipinski definition) is 2. The number of carbonyl (C=O) groups excluding carboxylic acids is 1. The number of carbonyl (C=O) groups is 1. The van der Waals surface area contributed by atoms with Gasteiger partial charge < -0.3 is 11.1 Å². The molecule has 2 aromatic carbocycles. The number of aryl methyl sites for hydroxylation is 1. The van der Waals surface area contributed by atoms with Crippen LogP contribution in [0.2, 0.25) is 0 Å². The van der Waals surface area contributed by atoms with Gasteiger partial charge in [-0.3, -0.25) is 9.78 Å². The van der Waals surface area contributed by atoms with Crippen molar-refractivity contribution >= 4 is 22.5 Å².